The van der Waals surface area contributed by atoms with Crippen LogP contribution in [0.15, 0.2) is 24.3 Å². The largest absolute Gasteiger partial charge is 0.481 e. The highest BCUT2D eigenvalue weighted by atomic mass is 16.6. The van der Waals surface area contributed by atoms with E-state index in [9.17, 15) is 24.8 Å². The van der Waals surface area contributed by atoms with Gasteiger partial charge in [0.1, 0.15) is 0 Å². The average Bonchev–Trinajstić information content (AvgIpc) is 2.45. The topological polar surface area (TPSA) is 107 Å². The van der Waals surface area contributed by atoms with E-state index in [2.05, 4.69) is 0 Å². The number of unbranched alkanes of at least 4 members (excludes halogenated alkanes) is 1. The van der Waals surface area contributed by atoms with Crippen LogP contribution in [0, 0.1) is 10.1 Å². The highest BCUT2D eigenvalue weighted by molar-refractivity contribution is 5.83. The molecular weight excluding hydrogens is 278 g/mol. The molecule has 1 N–H and O–H groups in total. The van der Waals surface area contributed by atoms with Gasteiger partial charge in [-0.2, -0.15) is 0 Å². The maximum Gasteiger partial charge on any atom is 0.311 e. The normalized spacial score (nSPS) is 11.7. The number of benzene rings is 1. The first-order valence-electron chi connectivity index (χ1n) is 6.58. The lowest BCUT2D eigenvalue weighted by Crippen LogP contribution is -2.18. The zero-order valence-electron chi connectivity index (χ0n) is 11.7. The minimum absolute atomic E-state index is 0.131. The lowest BCUT2D eigenvalue weighted by atomic mass is 9.96. The van der Waals surface area contributed by atoms with E-state index in [0.717, 1.165) is 12.8 Å². The summed E-state index contributed by atoms with van der Waals surface area (Å²) in [5.74, 6) is -2.83. The molecule has 0 aliphatic carbocycles. The van der Waals surface area contributed by atoms with E-state index < -0.39 is 22.8 Å². The molecule has 7 heteroatoms. The van der Waals surface area contributed by atoms with E-state index in [1.165, 1.54) is 24.3 Å². The Labute approximate surface area is 121 Å². The van der Waals surface area contributed by atoms with Gasteiger partial charge in [-0.05, 0) is 12.0 Å². The number of nitro benzene ring substituents is 1. The first-order valence-corrected chi connectivity index (χ1v) is 6.58. The van der Waals surface area contributed by atoms with Gasteiger partial charge < -0.3 is 9.84 Å². The van der Waals surface area contributed by atoms with Crippen LogP contribution in [-0.4, -0.2) is 28.6 Å². The van der Waals surface area contributed by atoms with Crippen molar-refractivity contribution in [2.75, 3.05) is 6.61 Å². The third-order valence-electron chi connectivity index (χ3n) is 2.94. The van der Waals surface area contributed by atoms with Crippen molar-refractivity contribution in [1.82, 2.24) is 0 Å². The predicted molar refractivity (Wildman–Crippen MR) is 74.0 cm³/mol. The molecule has 0 amide bonds. The van der Waals surface area contributed by atoms with Crippen LogP contribution in [-0.2, 0) is 14.3 Å². The molecule has 0 heterocycles. The van der Waals surface area contributed by atoms with E-state index in [-0.39, 0.29) is 18.7 Å². The number of rotatable bonds is 8. The lowest BCUT2D eigenvalue weighted by Gasteiger charge is -2.12. The maximum absolute atomic E-state index is 11.6. The van der Waals surface area contributed by atoms with Gasteiger partial charge in [-0.15, -0.1) is 0 Å². The van der Waals surface area contributed by atoms with Crippen LogP contribution in [0.2, 0.25) is 0 Å². The molecular formula is C14H17NO6. The Morgan fingerprint density at radius 1 is 1.33 bits per heavy atom. The van der Waals surface area contributed by atoms with Crippen LogP contribution in [0.3, 0.4) is 0 Å². The second-order valence-corrected chi connectivity index (χ2v) is 4.52. The van der Waals surface area contributed by atoms with Gasteiger partial charge in [0.15, 0.2) is 0 Å². The molecule has 1 unspecified atom stereocenters. The molecule has 0 saturated carbocycles. The Morgan fingerprint density at radius 3 is 2.43 bits per heavy atom. The first kappa shape index (κ1) is 16.6. The summed E-state index contributed by atoms with van der Waals surface area (Å²) >= 11 is 0. The molecule has 1 rings (SSSR count). The fourth-order valence-electron chi connectivity index (χ4n) is 1.73. The number of nitrogens with zero attached hydrogens (tertiary/aromatic N) is 1. The molecule has 0 aliphatic heterocycles. The number of ether oxygens (including phenoxy) is 1. The number of carboxylic acids is 1. The molecule has 21 heavy (non-hydrogen) atoms. The van der Waals surface area contributed by atoms with Gasteiger partial charge in [0.2, 0.25) is 0 Å². The highest BCUT2D eigenvalue weighted by Crippen LogP contribution is 2.23. The Morgan fingerprint density at radius 2 is 1.95 bits per heavy atom. The van der Waals surface area contributed by atoms with E-state index in [1.807, 2.05) is 6.92 Å². The van der Waals surface area contributed by atoms with Crippen molar-refractivity contribution >= 4 is 17.6 Å². The van der Waals surface area contributed by atoms with Crippen molar-refractivity contribution in [2.45, 2.75) is 32.1 Å². The van der Waals surface area contributed by atoms with Crippen molar-refractivity contribution in [3.8, 4) is 0 Å². The van der Waals surface area contributed by atoms with Crippen LogP contribution in [0.25, 0.3) is 0 Å². The van der Waals surface area contributed by atoms with Crippen molar-refractivity contribution in [1.29, 1.82) is 0 Å². The molecule has 0 fully saturated rings. The van der Waals surface area contributed by atoms with Gasteiger partial charge in [-0.1, -0.05) is 25.5 Å². The van der Waals surface area contributed by atoms with Gasteiger partial charge >= 0.3 is 11.9 Å². The Kier molecular flexibility index (Phi) is 6.32. The SMILES string of the molecule is CCCCOC(=O)CC(C(=O)O)c1ccc([N+](=O)[O-])cc1. The number of aliphatic carboxylic acids is 1. The fraction of sp³-hybridized carbons (Fsp3) is 0.429. The highest BCUT2D eigenvalue weighted by Gasteiger charge is 2.24. The quantitative estimate of drug-likeness (QED) is 0.342. The average molecular weight is 295 g/mol. The van der Waals surface area contributed by atoms with Crippen molar-refractivity contribution in [3.05, 3.63) is 39.9 Å². The minimum atomic E-state index is -1.17. The Hall–Kier alpha value is -2.44. The molecule has 0 spiro atoms. The number of hydrogen-bond acceptors (Lipinski definition) is 5. The molecule has 0 bridgehead atoms. The van der Waals surface area contributed by atoms with Crippen molar-refractivity contribution in [2.24, 2.45) is 0 Å². The van der Waals surface area contributed by atoms with Crippen molar-refractivity contribution < 1.29 is 24.4 Å². The monoisotopic (exact) mass is 295 g/mol. The number of carbonyl (C=O) groups is 2. The molecule has 7 nitrogen and oxygen atoms in total. The number of esters is 1. The zero-order valence-corrected chi connectivity index (χ0v) is 11.7. The molecule has 0 radical (unpaired) electrons. The minimum Gasteiger partial charge on any atom is -0.481 e. The van der Waals surface area contributed by atoms with Crippen LogP contribution in [0.4, 0.5) is 5.69 Å². The predicted octanol–water partition coefficient (Wildman–Crippen LogP) is 2.50. The summed E-state index contributed by atoms with van der Waals surface area (Å²) in [6.45, 7) is 2.21. The van der Waals surface area contributed by atoms with Gasteiger partial charge in [0, 0.05) is 12.1 Å². The van der Waals surface area contributed by atoms with Crippen molar-refractivity contribution in [3.63, 3.8) is 0 Å². The summed E-state index contributed by atoms with van der Waals surface area (Å²) in [6.07, 6.45) is 1.30. The summed E-state index contributed by atoms with van der Waals surface area (Å²) in [6, 6.07) is 5.12. The Balaban J connectivity index is 2.75. The Bertz CT molecular complexity index is 511. The molecule has 0 aliphatic rings. The fourth-order valence-corrected chi connectivity index (χ4v) is 1.73. The second-order valence-electron chi connectivity index (χ2n) is 4.52. The van der Waals surface area contributed by atoms with Gasteiger partial charge in [0.25, 0.3) is 5.69 Å². The van der Waals surface area contributed by atoms with Crippen LogP contribution in [0.5, 0.6) is 0 Å². The van der Waals surface area contributed by atoms with Gasteiger partial charge in [-0.25, -0.2) is 0 Å². The standard InChI is InChI=1S/C14H17NO6/c1-2-3-8-21-13(16)9-12(14(17)18)10-4-6-11(7-5-10)15(19)20/h4-7,12H,2-3,8-9H2,1H3,(H,17,18). The van der Waals surface area contributed by atoms with Gasteiger partial charge in [-0.3, -0.25) is 19.7 Å². The second kappa shape index (κ2) is 7.98. The third kappa shape index (κ3) is 5.21. The van der Waals surface area contributed by atoms with Crippen LogP contribution >= 0.6 is 0 Å². The maximum atomic E-state index is 11.6. The molecule has 1 aromatic carbocycles. The van der Waals surface area contributed by atoms with Gasteiger partial charge in [0.05, 0.1) is 23.9 Å². The smallest absolute Gasteiger partial charge is 0.311 e. The summed E-state index contributed by atoms with van der Waals surface area (Å²) < 4.78 is 4.94. The first-order chi connectivity index (χ1) is 9.95. The lowest BCUT2D eigenvalue weighted by molar-refractivity contribution is -0.384. The summed E-state index contributed by atoms with van der Waals surface area (Å²) in [7, 11) is 0. The number of nitro groups is 1. The molecule has 0 aromatic heterocycles. The number of carboxylic acid groups (broad SMARTS) is 1. The molecule has 0 saturated heterocycles. The van der Waals surface area contributed by atoms with E-state index in [0.29, 0.717) is 5.56 Å². The van der Waals surface area contributed by atoms with E-state index in [1.54, 1.807) is 0 Å². The summed E-state index contributed by atoms with van der Waals surface area (Å²) in [5, 5.41) is 19.7. The molecule has 1 aromatic rings. The van der Waals surface area contributed by atoms with Crippen LogP contribution in [0.1, 0.15) is 37.7 Å². The third-order valence-corrected chi connectivity index (χ3v) is 2.94. The number of hydrogen-bond donors (Lipinski definition) is 1. The molecule has 1 atom stereocenters. The van der Waals surface area contributed by atoms with E-state index >= 15 is 0 Å². The number of carbonyl (C=O) groups excluding carboxylic acids is 1. The van der Waals surface area contributed by atoms with Crippen LogP contribution < -0.4 is 0 Å². The summed E-state index contributed by atoms with van der Waals surface area (Å²) in [4.78, 5) is 32.8. The summed E-state index contributed by atoms with van der Waals surface area (Å²) in [5.41, 5.74) is 0.203. The zero-order chi connectivity index (χ0) is 15.8. The number of non-ortho nitro benzene ring substituents is 1. The van der Waals surface area contributed by atoms with E-state index in [4.69, 9.17) is 4.74 Å². The molecule has 114 valence electrons.